The van der Waals surface area contributed by atoms with E-state index in [0.717, 1.165) is 29.9 Å². The molecule has 1 aromatic carbocycles. The zero-order valence-electron chi connectivity index (χ0n) is 13.2. The fraction of sp³-hybridized carbons (Fsp3) is 0.529. The van der Waals surface area contributed by atoms with Gasteiger partial charge in [-0.05, 0) is 36.6 Å². The normalized spacial score (nSPS) is 12.2. The highest BCUT2D eigenvalue weighted by molar-refractivity contribution is 5.83. The molecule has 3 heteroatoms. The van der Waals surface area contributed by atoms with E-state index in [1.54, 1.807) is 7.11 Å². The van der Waals surface area contributed by atoms with Gasteiger partial charge in [0.05, 0.1) is 13.2 Å². The summed E-state index contributed by atoms with van der Waals surface area (Å²) >= 11 is 0. The maximum absolute atomic E-state index is 5.95. The van der Waals surface area contributed by atoms with E-state index in [1.165, 1.54) is 10.9 Å². The summed E-state index contributed by atoms with van der Waals surface area (Å²) in [6, 6.07) is 6.52. The van der Waals surface area contributed by atoms with Crippen LogP contribution in [0.3, 0.4) is 0 Å². The highest BCUT2D eigenvalue weighted by Gasteiger charge is 2.21. The molecule has 0 radical (unpaired) electrons. The summed E-state index contributed by atoms with van der Waals surface area (Å²) < 4.78 is 11.3. The van der Waals surface area contributed by atoms with Crippen molar-refractivity contribution in [2.75, 3.05) is 14.2 Å². The van der Waals surface area contributed by atoms with Crippen molar-refractivity contribution in [1.82, 2.24) is 5.32 Å². The van der Waals surface area contributed by atoms with Gasteiger partial charge >= 0.3 is 0 Å². The van der Waals surface area contributed by atoms with Crippen molar-refractivity contribution >= 4 is 11.0 Å². The molecule has 0 fully saturated rings. The minimum absolute atomic E-state index is 0.180. The molecule has 0 aliphatic heterocycles. The topological polar surface area (TPSA) is 34.4 Å². The Labute approximate surface area is 121 Å². The SMILES string of the molecule is CCC(C)(C)c1ccc2oc(CNC)c(COC)c2c1. The van der Waals surface area contributed by atoms with Crippen LogP contribution >= 0.6 is 0 Å². The second-order valence-electron chi connectivity index (χ2n) is 5.92. The molecule has 3 nitrogen and oxygen atoms in total. The maximum atomic E-state index is 5.95. The van der Waals surface area contributed by atoms with E-state index in [0.29, 0.717) is 6.61 Å². The Hall–Kier alpha value is -1.32. The molecular weight excluding hydrogens is 250 g/mol. The van der Waals surface area contributed by atoms with Gasteiger partial charge < -0.3 is 14.5 Å². The molecule has 1 N–H and O–H groups in total. The molecule has 0 aliphatic carbocycles. The van der Waals surface area contributed by atoms with Gasteiger partial charge in [-0.15, -0.1) is 0 Å². The van der Waals surface area contributed by atoms with Crippen LogP contribution in [0.5, 0.6) is 0 Å². The lowest BCUT2D eigenvalue weighted by molar-refractivity contribution is 0.183. The Morgan fingerprint density at radius 3 is 2.65 bits per heavy atom. The molecule has 110 valence electrons. The van der Waals surface area contributed by atoms with Crippen LogP contribution in [0.4, 0.5) is 0 Å². The molecule has 1 heterocycles. The summed E-state index contributed by atoms with van der Waals surface area (Å²) in [6.07, 6.45) is 1.11. The van der Waals surface area contributed by atoms with Crippen LogP contribution in [0, 0.1) is 0 Å². The van der Waals surface area contributed by atoms with Crippen LogP contribution in [0.25, 0.3) is 11.0 Å². The monoisotopic (exact) mass is 275 g/mol. The Balaban J connectivity index is 2.57. The molecule has 0 spiro atoms. The van der Waals surface area contributed by atoms with Crippen LogP contribution in [0.1, 0.15) is 44.1 Å². The van der Waals surface area contributed by atoms with Gasteiger partial charge in [-0.25, -0.2) is 0 Å². The first-order chi connectivity index (χ1) is 9.53. The summed E-state index contributed by atoms with van der Waals surface area (Å²) in [6.45, 7) is 8.08. The fourth-order valence-electron chi connectivity index (χ4n) is 2.43. The third kappa shape index (κ3) is 2.74. The smallest absolute Gasteiger partial charge is 0.134 e. The van der Waals surface area contributed by atoms with E-state index in [9.17, 15) is 0 Å². The largest absolute Gasteiger partial charge is 0.459 e. The van der Waals surface area contributed by atoms with Crippen molar-refractivity contribution in [2.45, 2.75) is 45.8 Å². The first-order valence-electron chi connectivity index (χ1n) is 7.21. The molecule has 0 bridgehead atoms. The van der Waals surface area contributed by atoms with E-state index in [4.69, 9.17) is 9.15 Å². The Morgan fingerprint density at radius 2 is 2.05 bits per heavy atom. The van der Waals surface area contributed by atoms with E-state index in [2.05, 4.69) is 44.3 Å². The van der Waals surface area contributed by atoms with Crippen molar-refractivity contribution < 1.29 is 9.15 Å². The molecule has 0 unspecified atom stereocenters. The summed E-state index contributed by atoms with van der Waals surface area (Å²) in [5.74, 6) is 0.968. The summed E-state index contributed by atoms with van der Waals surface area (Å²) in [5.41, 5.74) is 3.63. The Bertz CT molecular complexity index is 584. The van der Waals surface area contributed by atoms with Gasteiger partial charge in [0.2, 0.25) is 0 Å². The van der Waals surface area contributed by atoms with Crippen LogP contribution in [0.15, 0.2) is 22.6 Å². The van der Waals surface area contributed by atoms with Gasteiger partial charge in [0.15, 0.2) is 0 Å². The first kappa shape index (κ1) is 15.1. The lowest BCUT2D eigenvalue weighted by Gasteiger charge is -2.23. The number of furan rings is 1. The molecule has 0 atom stereocenters. The summed E-state index contributed by atoms with van der Waals surface area (Å²) in [4.78, 5) is 0. The molecule has 1 aromatic heterocycles. The van der Waals surface area contributed by atoms with Gasteiger partial charge in [0.25, 0.3) is 0 Å². The Morgan fingerprint density at radius 1 is 1.30 bits per heavy atom. The fourth-order valence-corrected chi connectivity index (χ4v) is 2.43. The van der Waals surface area contributed by atoms with Crippen LogP contribution < -0.4 is 5.32 Å². The molecule has 2 aromatic rings. The van der Waals surface area contributed by atoms with Gasteiger partial charge in [0, 0.05) is 18.1 Å². The molecule has 0 amide bonds. The average Bonchev–Trinajstić information content (AvgIpc) is 2.77. The zero-order chi connectivity index (χ0) is 14.8. The third-order valence-corrected chi connectivity index (χ3v) is 4.17. The van der Waals surface area contributed by atoms with Crippen LogP contribution in [0.2, 0.25) is 0 Å². The highest BCUT2D eigenvalue weighted by Crippen LogP contribution is 2.33. The van der Waals surface area contributed by atoms with Crippen LogP contribution in [-0.4, -0.2) is 14.2 Å². The highest BCUT2D eigenvalue weighted by atomic mass is 16.5. The predicted molar refractivity (Wildman–Crippen MR) is 83.0 cm³/mol. The van der Waals surface area contributed by atoms with Gasteiger partial charge in [-0.3, -0.25) is 0 Å². The quantitative estimate of drug-likeness (QED) is 0.865. The van der Waals surface area contributed by atoms with Gasteiger partial charge in [0.1, 0.15) is 11.3 Å². The van der Waals surface area contributed by atoms with Crippen molar-refractivity contribution in [3.05, 3.63) is 35.1 Å². The summed E-state index contributed by atoms with van der Waals surface area (Å²) in [7, 11) is 3.65. The Kier molecular flexibility index (Phi) is 4.51. The van der Waals surface area contributed by atoms with E-state index >= 15 is 0 Å². The number of ether oxygens (including phenoxy) is 1. The van der Waals surface area contributed by atoms with Crippen molar-refractivity contribution in [1.29, 1.82) is 0 Å². The number of nitrogens with one attached hydrogen (secondary N) is 1. The van der Waals surface area contributed by atoms with Crippen LogP contribution in [-0.2, 0) is 23.3 Å². The van der Waals surface area contributed by atoms with Gasteiger partial charge in [-0.1, -0.05) is 26.8 Å². The average molecular weight is 275 g/mol. The summed E-state index contributed by atoms with van der Waals surface area (Å²) in [5, 5.41) is 4.33. The predicted octanol–water partition coefficient (Wildman–Crippen LogP) is 3.99. The molecule has 0 saturated heterocycles. The van der Waals surface area contributed by atoms with E-state index in [-0.39, 0.29) is 5.41 Å². The van der Waals surface area contributed by atoms with E-state index in [1.807, 2.05) is 7.05 Å². The second-order valence-corrected chi connectivity index (χ2v) is 5.92. The minimum Gasteiger partial charge on any atom is -0.459 e. The number of rotatable bonds is 6. The number of benzene rings is 1. The number of hydrogen-bond donors (Lipinski definition) is 1. The molecule has 0 aliphatic rings. The molecule has 2 rings (SSSR count). The zero-order valence-corrected chi connectivity index (χ0v) is 13.2. The molecule has 0 saturated carbocycles. The number of methoxy groups -OCH3 is 1. The van der Waals surface area contributed by atoms with E-state index < -0.39 is 0 Å². The lowest BCUT2D eigenvalue weighted by atomic mass is 9.82. The number of fused-ring (bicyclic) bond motifs is 1. The van der Waals surface area contributed by atoms with Crippen molar-refractivity contribution in [3.8, 4) is 0 Å². The third-order valence-electron chi connectivity index (χ3n) is 4.17. The number of hydrogen-bond acceptors (Lipinski definition) is 3. The van der Waals surface area contributed by atoms with Crippen molar-refractivity contribution in [2.24, 2.45) is 0 Å². The molecular formula is C17H25NO2. The van der Waals surface area contributed by atoms with Crippen molar-refractivity contribution in [3.63, 3.8) is 0 Å². The second kappa shape index (κ2) is 5.98. The minimum atomic E-state index is 0.180. The molecule has 20 heavy (non-hydrogen) atoms. The lowest BCUT2D eigenvalue weighted by Crippen LogP contribution is -2.15. The maximum Gasteiger partial charge on any atom is 0.134 e. The first-order valence-corrected chi connectivity index (χ1v) is 7.21. The standard InChI is InChI=1S/C17H25NO2/c1-6-17(2,3)12-7-8-15-13(9-12)14(11-19-5)16(20-15)10-18-4/h7-9,18H,6,10-11H2,1-5H3. The van der Waals surface area contributed by atoms with Gasteiger partial charge in [-0.2, -0.15) is 0 Å².